The number of nitrogens with zero attached hydrogens (tertiary/aromatic N) is 2. The number of hydrogen-bond donors (Lipinski definition) is 3. The van der Waals surface area contributed by atoms with E-state index in [1.165, 1.54) is 42.3 Å². The Hall–Kier alpha value is -5.23. The van der Waals surface area contributed by atoms with Crippen molar-refractivity contribution in [3.05, 3.63) is 100 Å². The molecule has 13 heteroatoms. The number of carbonyl (C=O) groups excluding carboxylic acids is 4. The number of allylic oxidation sites excluding steroid dienone is 2. The quantitative estimate of drug-likeness (QED) is 0.126. The number of hydrogen-bond acceptors (Lipinski definition) is 8. The molecule has 2 aliphatic heterocycles. The SMILES string of the molecule is COc1cc(C2C3=CCC4C(=O)N(CCCCCC(=O)O)C(=O)C4C3CC3C(=O)N(Nc4ccc(F)cc4)C(=O)C32c2ccc(Cl)cc2)ccc1O. The molecular weight excluding hydrogens is 693 g/mol. The van der Waals surface area contributed by atoms with E-state index in [0.29, 0.717) is 41.1 Å². The molecule has 2 aliphatic carbocycles. The number of phenolic OH excluding ortho intramolecular Hbond substituents is 1. The Morgan fingerprint density at radius 3 is 2.38 bits per heavy atom. The van der Waals surface area contributed by atoms with Crippen molar-refractivity contribution in [3.63, 3.8) is 0 Å². The van der Waals surface area contributed by atoms with Gasteiger partial charge in [-0.05, 0) is 91.3 Å². The van der Waals surface area contributed by atoms with Gasteiger partial charge in [-0.2, -0.15) is 5.01 Å². The number of fused-ring (bicyclic) bond motifs is 4. The number of carboxylic acids is 1. The number of carbonyl (C=O) groups is 5. The standard InChI is InChI=1S/C39H37ClFN3O8/c1-52-31-19-21(6-17-30(31)45)34-26-15-16-27-33(37(50)43(35(27)48)18-4-2-3-5-32(46)47)28(26)20-29-36(49)44(42-25-13-11-24(41)12-14-25)38(51)39(29,34)22-7-9-23(40)10-8-22/h6-15,17,19,27-29,33-34,42,45H,2-5,16,18,20H2,1H3,(H,46,47). The van der Waals surface area contributed by atoms with Gasteiger partial charge in [0.15, 0.2) is 11.5 Å². The average Bonchev–Trinajstić information content (AvgIpc) is 3.50. The second-order valence-corrected chi connectivity index (χ2v) is 14.3. The third-order valence-electron chi connectivity index (χ3n) is 11.2. The monoisotopic (exact) mass is 729 g/mol. The second-order valence-electron chi connectivity index (χ2n) is 13.8. The van der Waals surface area contributed by atoms with Gasteiger partial charge < -0.3 is 14.9 Å². The Morgan fingerprint density at radius 2 is 1.69 bits per heavy atom. The van der Waals surface area contributed by atoms with Gasteiger partial charge in [-0.3, -0.25) is 34.3 Å². The average molecular weight is 730 g/mol. The lowest BCUT2D eigenvalue weighted by Gasteiger charge is -2.50. The fourth-order valence-corrected chi connectivity index (χ4v) is 9.04. The minimum Gasteiger partial charge on any atom is -0.504 e. The summed E-state index contributed by atoms with van der Waals surface area (Å²) in [6.07, 6.45) is 3.68. The van der Waals surface area contributed by atoms with Gasteiger partial charge in [0.05, 0.1) is 36.0 Å². The largest absolute Gasteiger partial charge is 0.504 e. The second kappa shape index (κ2) is 13.7. The summed E-state index contributed by atoms with van der Waals surface area (Å²) in [4.78, 5) is 70.1. The number of hydrazine groups is 1. The van der Waals surface area contributed by atoms with Crippen LogP contribution in [0.15, 0.2) is 78.4 Å². The zero-order valence-corrected chi connectivity index (χ0v) is 29.0. The van der Waals surface area contributed by atoms with E-state index in [1.54, 1.807) is 36.4 Å². The number of imide groups is 2. The molecule has 11 nitrogen and oxygen atoms in total. The molecule has 270 valence electrons. The number of halogens is 2. The maximum Gasteiger partial charge on any atom is 0.303 e. The maximum atomic E-state index is 15.2. The molecule has 3 aromatic carbocycles. The van der Waals surface area contributed by atoms with E-state index in [0.717, 1.165) is 10.6 Å². The number of aliphatic carboxylic acids is 1. The van der Waals surface area contributed by atoms with Gasteiger partial charge in [0.25, 0.3) is 11.8 Å². The van der Waals surface area contributed by atoms with Crippen LogP contribution in [0.4, 0.5) is 10.1 Å². The summed E-state index contributed by atoms with van der Waals surface area (Å²) >= 11 is 6.34. The van der Waals surface area contributed by atoms with Crippen LogP contribution in [0.3, 0.4) is 0 Å². The summed E-state index contributed by atoms with van der Waals surface area (Å²) < 4.78 is 19.3. The van der Waals surface area contributed by atoms with Crippen LogP contribution in [0.2, 0.25) is 5.02 Å². The van der Waals surface area contributed by atoms with Crippen molar-refractivity contribution in [2.75, 3.05) is 19.1 Å². The van der Waals surface area contributed by atoms with E-state index >= 15 is 4.79 Å². The topological polar surface area (TPSA) is 154 Å². The third kappa shape index (κ3) is 5.69. The number of methoxy groups -OCH3 is 1. The van der Waals surface area contributed by atoms with Crippen molar-refractivity contribution in [2.24, 2.45) is 23.7 Å². The number of anilines is 1. The van der Waals surface area contributed by atoms with Gasteiger partial charge in [0.1, 0.15) is 5.82 Å². The number of unbranched alkanes of at least 4 members (excludes halogenated alkanes) is 2. The predicted molar refractivity (Wildman–Crippen MR) is 187 cm³/mol. The van der Waals surface area contributed by atoms with E-state index in [9.17, 15) is 28.7 Å². The molecule has 0 spiro atoms. The normalized spacial score (nSPS) is 26.5. The fraction of sp³-hybridized carbons (Fsp3) is 0.359. The number of rotatable bonds is 11. The molecule has 4 amide bonds. The Balaban J connectivity index is 1.36. The lowest BCUT2D eigenvalue weighted by Crippen LogP contribution is -2.53. The Labute approximate surface area is 304 Å². The van der Waals surface area contributed by atoms with Crippen LogP contribution < -0.4 is 10.2 Å². The molecule has 3 N–H and O–H groups in total. The number of phenols is 1. The van der Waals surface area contributed by atoms with Crippen molar-refractivity contribution in [1.82, 2.24) is 9.91 Å². The molecule has 1 saturated carbocycles. The molecule has 3 aromatic rings. The number of likely N-dealkylation sites (tertiary alicyclic amines) is 1. The predicted octanol–water partition coefficient (Wildman–Crippen LogP) is 5.82. The van der Waals surface area contributed by atoms with Crippen LogP contribution in [0.5, 0.6) is 11.5 Å². The van der Waals surface area contributed by atoms with Gasteiger partial charge in [0.2, 0.25) is 11.8 Å². The van der Waals surface area contributed by atoms with E-state index in [4.69, 9.17) is 21.4 Å². The smallest absolute Gasteiger partial charge is 0.303 e. The van der Waals surface area contributed by atoms with Crippen molar-refractivity contribution < 1.29 is 43.3 Å². The first kappa shape index (κ1) is 35.2. The summed E-state index contributed by atoms with van der Waals surface area (Å²) in [5.74, 6) is -7.03. The molecule has 0 aromatic heterocycles. The number of ether oxygens (including phenoxy) is 1. The molecule has 3 fully saturated rings. The lowest BCUT2D eigenvalue weighted by atomic mass is 9.49. The van der Waals surface area contributed by atoms with E-state index in [1.807, 2.05) is 6.08 Å². The van der Waals surface area contributed by atoms with Crippen LogP contribution >= 0.6 is 11.6 Å². The van der Waals surface area contributed by atoms with Gasteiger partial charge in [0, 0.05) is 23.9 Å². The fourth-order valence-electron chi connectivity index (χ4n) is 8.91. The summed E-state index contributed by atoms with van der Waals surface area (Å²) in [6.45, 7) is 0.163. The van der Waals surface area contributed by atoms with Gasteiger partial charge in [-0.25, -0.2) is 4.39 Å². The van der Waals surface area contributed by atoms with E-state index < -0.39 is 58.6 Å². The van der Waals surface area contributed by atoms with Crippen molar-refractivity contribution >= 4 is 46.9 Å². The molecule has 52 heavy (non-hydrogen) atoms. The number of nitrogens with one attached hydrogen (secondary N) is 1. The highest BCUT2D eigenvalue weighted by molar-refractivity contribution is 6.30. The van der Waals surface area contributed by atoms with E-state index in [2.05, 4.69) is 5.43 Å². The van der Waals surface area contributed by atoms with Gasteiger partial charge in [-0.15, -0.1) is 0 Å². The number of benzene rings is 3. The first-order chi connectivity index (χ1) is 25.0. The van der Waals surface area contributed by atoms with Crippen LogP contribution in [0.1, 0.15) is 55.6 Å². The van der Waals surface area contributed by atoms with Crippen LogP contribution in [0.25, 0.3) is 0 Å². The molecule has 6 unspecified atom stereocenters. The number of carboxylic acid groups (broad SMARTS) is 1. The highest BCUT2D eigenvalue weighted by atomic mass is 35.5. The highest BCUT2D eigenvalue weighted by Gasteiger charge is 2.70. The molecule has 0 bridgehead atoms. The highest BCUT2D eigenvalue weighted by Crippen LogP contribution is 2.64. The minimum atomic E-state index is -1.57. The summed E-state index contributed by atoms with van der Waals surface area (Å²) in [5.41, 5.74) is 3.46. The molecule has 6 atom stereocenters. The Kier molecular flexibility index (Phi) is 9.28. The zero-order chi connectivity index (χ0) is 36.9. The first-order valence-electron chi connectivity index (χ1n) is 17.3. The van der Waals surface area contributed by atoms with E-state index in [-0.39, 0.29) is 49.1 Å². The minimum absolute atomic E-state index is 0.00245. The Bertz CT molecular complexity index is 1990. The van der Waals surface area contributed by atoms with Crippen molar-refractivity contribution in [2.45, 2.75) is 49.9 Å². The summed E-state index contributed by atoms with van der Waals surface area (Å²) in [7, 11) is 1.41. The number of amides is 4. The number of aromatic hydroxyl groups is 1. The van der Waals surface area contributed by atoms with Gasteiger partial charge >= 0.3 is 5.97 Å². The zero-order valence-electron chi connectivity index (χ0n) is 28.3. The summed E-state index contributed by atoms with van der Waals surface area (Å²) in [5, 5.41) is 21.0. The molecule has 7 rings (SSSR count). The van der Waals surface area contributed by atoms with Crippen LogP contribution in [0, 0.1) is 29.5 Å². The molecule has 0 radical (unpaired) electrons. The first-order valence-corrected chi connectivity index (χ1v) is 17.7. The molecular formula is C39H37ClFN3O8. The maximum absolute atomic E-state index is 15.2. The van der Waals surface area contributed by atoms with Crippen molar-refractivity contribution in [3.8, 4) is 11.5 Å². The van der Waals surface area contributed by atoms with Crippen LogP contribution in [-0.2, 0) is 29.4 Å². The molecule has 2 saturated heterocycles. The van der Waals surface area contributed by atoms with Gasteiger partial charge in [-0.1, -0.05) is 47.9 Å². The van der Waals surface area contributed by atoms with Crippen LogP contribution in [-0.4, -0.2) is 63.4 Å². The molecule has 4 aliphatic rings. The Morgan fingerprint density at radius 1 is 0.962 bits per heavy atom. The third-order valence-corrected chi connectivity index (χ3v) is 11.4. The summed E-state index contributed by atoms with van der Waals surface area (Å²) in [6, 6.07) is 16.7. The molecule has 2 heterocycles. The van der Waals surface area contributed by atoms with Crippen molar-refractivity contribution in [1.29, 1.82) is 0 Å². The lowest BCUT2D eigenvalue weighted by molar-refractivity contribution is -0.141.